The van der Waals surface area contributed by atoms with Crippen LogP contribution in [0.5, 0.6) is 17.2 Å². The van der Waals surface area contributed by atoms with Gasteiger partial charge in [0.05, 0.1) is 17.6 Å². The number of rotatable bonds is 4. The molecule has 0 aliphatic heterocycles. The van der Waals surface area contributed by atoms with Crippen molar-refractivity contribution in [3.63, 3.8) is 0 Å². The Bertz CT molecular complexity index is 1540. The molecule has 0 bridgehead atoms. The minimum atomic E-state index is -0.477. The third kappa shape index (κ3) is 3.48. The summed E-state index contributed by atoms with van der Waals surface area (Å²) in [6, 6.07) is 17.8. The molecule has 0 radical (unpaired) electrons. The molecular weight excluding hydrogens is 442 g/mol. The number of phenols is 1. The predicted octanol–water partition coefficient (Wildman–Crippen LogP) is 5.12. The summed E-state index contributed by atoms with van der Waals surface area (Å²) in [5, 5.41) is 26.2. The highest BCUT2D eigenvalue weighted by Crippen LogP contribution is 2.39. The molecular formula is C25H18ClN3O4. The molecule has 0 unspecified atom stereocenters. The van der Waals surface area contributed by atoms with Crippen molar-refractivity contribution >= 4 is 22.5 Å². The molecule has 5 rings (SSSR count). The number of aromatic hydroxyl groups is 2. The second kappa shape index (κ2) is 8.03. The summed E-state index contributed by atoms with van der Waals surface area (Å²) < 4.78 is 6.51. The van der Waals surface area contributed by atoms with E-state index in [-0.39, 0.29) is 17.2 Å². The molecule has 8 heteroatoms. The number of ether oxygens (including phenoxy) is 1. The highest BCUT2D eigenvalue weighted by Gasteiger charge is 2.17. The molecule has 3 N–H and O–H groups in total. The van der Waals surface area contributed by atoms with Crippen LogP contribution in [-0.2, 0) is 0 Å². The highest BCUT2D eigenvalue weighted by molar-refractivity contribution is 6.34. The maximum atomic E-state index is 12.5. The molecule has 0 fully saturated rings. The molecule has 164 valence electrons. The molecule has 3 aromatic carbocycles. The summed E-state index contributed by atoms with van der Waals surface area (Å²) in [7, 11) is 1.50. The van der Waals surface area contributed by atoms with E-state index in [1.807, 2.05) is 30.3 Å². The van der Waals surface area contributed by atoms with E-state index in [9.17, 15) is 15.0 Å². The van der Waals surface area contributed by atoms with Gasteiger partial charge in [-0.2, -0.15) is 5.10 Å². The fourth-order valence-corrected chi connectivity index (χ4v) is 4.15. The average Bonchev–Trinajstić information content (AvgIpc) is 3.33. The number of fused-ring (bicyclic) bond motifs is 1. The lowest BCUT2D eigenvalue weighted by molar-refractivity contribution is 0.374. The summed E-state index contributed by atoms with van der Waals surface area (Å²) >= 11 is 6.53. The molecule has 7 nitrogen and oxygen atoms in total. The SMILES string of the molecule is COc1cccc(-c2ccc(-c3cc4c(O)c(-n5cccn5)c(=O)[nH]c4cc3Cl)cc2)c1O. The third-order valence-corrected chi connectivity index (χ3v) is 5.82. The Morgan fingerprint density at radius 2 is 1.70 bits per heavy atom. The molecule has 33 heavy (non-hydrogen) atoms. The molecule has 0 aliphatic rings. The summed E-state index contributed by atoms with van der Waals surface area (Å²) in [5.74, 6) is 0.274. The van der Waals surface area contributed by atoms with E-state index in [0.717, 1.165) is 11.1 Å². The van der Waals surface area contributed by atoms with Crippen molar-refractivity contribution in [2.24, 2.45) is 0 Å². The van der Waals surface area contributed by atoms with Gasteiger partial charge >= 0.3 is 0 Å². The molecule has 0 spiro atoms. The second-order valence-electron chi connectivity index (χ2n) is 7.41. The zero-order valence-corrected chi connectivity index (χ0v) is 18.2. The molecule has 5 aromatic rings. The number of para-hydroxylation sites is 1. The zero-order chi connectivity index (χ0) is 23.1. The van der Waals surface area contributed by atoms with Crippen molar-refractivity contribution in [1.29, 1.82) is 0 Å². The predicted molar refractivity (Wildman–Crippen MR) is 127 cm³/mol. The van der Waals surface area contributed by atoms with Gasteiger partial charge in [-0.1, -0.05) is 48.0 Å². The minimum Gasteiger partial charge on any atom is -0.505 e. The van der Waals surface area contributed by atoms with E-state index in [2.05, 4.69) is 10.1 Å². The van der Waals surface area contributed by atoms with Gasteiger partial charge < -0.3 is 19.9 Å². The van der Waals surface area contributed by atoms with Crippen LogP contribution < -0.4 is 10.3 Å². The minimum absolute atomic E-state index is 0.0321. The Labute approximate surface area is 193 Å². The Balaban J connectivity index is 1.62. The van der Waals surface area contributed by atoms with E-state index in [4.69, 9.17) is 16.3 Å². The van der Waals surface area contributed by atoms with E-state index in [0.29, 0.717) is 32.8 Å². The molecule has 0 aliphatic carbocycles. The molecule has 0 amide bonds. The molecule has 2 heterocycles. The first-order chi connectivity index (χ1) is 16.0. The van der Waals surface area contributed by atoms with Gasteiger partial charge in [-0.15, -0.1) is 0 Å². The fraction of sp³-hybridized carbons (Fsp3) is 0.0400. The Morgan fingerprint density at radius 3 is 2.36 bits per heavy atom. The van der Waals surface area contributed by atoms with Crippen LogP contribution in [0.15, 0.2) is 77.9 Å². The quantitative estimate of drug-likeness (QED) is 0.346. The van der Waals surface area contributed by atoms with Gasteiger partial charge in [-0.3, -0.25) is 4.79 Å². The van der Waals surface area contributed by atoms with Crippen LogP contribution in [0.1, 0.15) is 0 Å². The van der Waals surface area contributed by atoms with Crippen molar-refractivity contribution in [2.45, 2.75) is 0 Å². The lowest BCUT2D eigenvalue weighted by atomic mass is 9.98. The van der Waals surface area contributed by atoms with E-state index in [1.165, 1.54) is 18.0 Å². The number of pyridine rings is 1. The van der Waals surface area contributed by atoms with E-state index < -0.39 is 5.56 Å². The lowest BCUT2D eigenvalue weighted by Gasteiger charge is -2.12. The van der Waals surface area contributed by atoms with Crippen molar-refractivity contribution in [1.82, 2.24) is 14.8 Å². The third-order valence-electron chi connectivity index (χ3n) is 5.51. The number of methoxy groups -OCH3 is 1. The van der Waals surface area contributed by atoms with Gasteiger partial charge in [0, 0.05) is 28.9 Å². The zero-order valence-electron chi connectivity index (χ0n) is 17.4. The number of nitrogens with zero attached hydrogens (tertiary/aromatic N) is 2. The van der Waals surface area contributed by atoms with Crippen molar-refractivity contribution in [2.75, 3.05) is 7.11 Å². The maximum absolute atomic E-state index is 12.5. The summed E-state index contributed by atoms with van der Waals surface area (Å²) in [4.78, 5) is 15.3. The number of benzene rings is 3. The van der Waals surface area contributed by atoms with Crippen LogP contribution >= 0.6 is 11.6 Å². The van der Waals surface area contributed by atoms with Gasteiger partial charge in [-0.05, 0) is 35.4 Å². The Hall–Kier alpha value is -4.23. The maximum Gasteiger partial charge on any atom is 0.278 e. The van der Waals surface area contributed by atoms with Crippen LogP contribution in [0.4, 0.5) is 0 Å². The monoisotopic (exact) mass is 459 g/mol. The number of nitrogens with one attached hydrogen (secondary N) is 1. The van der Waals surface area contributed by atoms with Gasteiger partial charge in [-0.25, -0.2) is 4.68 Å². The molecule has 0 atom stereocenters. The summed E-state index contributed by atoms with van der Waals surface area (Å²) in [5.41, 5.74) is 2.91. The van der Waals surface area contributed by atoms with Crippen molar-refractivity contribution in [3.05, 3.63) is 88.4 Å². The van der Waals surface area contributed by atoms with Crippen LogP contribution in [0.2, 0.25) is 5.02 Å². The second-order valence-corrected chi connectivity index (χ2v) is 7.82. The number of aromatic amines is 1. The number of hydrogen-bond donors (Lipinski definition) is 3. The van der Waals surface area contributed by atoms with E-state index in [1.54, 1.807) is 36.5 Å². The van der Waals surface area contributed by atoms with Crippen LogP contribution in [0, 0.1) is 0 Å². The van der Waals surface area contributed by atoms with Crippen LogP contribution in [-0.4, -0.2) is 32.1 Å². The van der Waals surface area contributed by atoms with E-state index >= 15 is 0 Å². The van der Waals surface area contributed by atoms with Gasteiger partial charge in [0.15, 0.2) is 22.9 Å². The van der Waals surface area contributed by atoms with Crippen molar-refractivity contribution < 1.29 is 14.9 Å². The first-order valence-electron chi connectivity index (χ1n) is 10.0. The average molecular weight is 460 g/mol. The van der Waals surface area contributed by atoms with Crippen LogP contribution in [0.25, 0.3) is 38.8 Å². The van der Waals surface area contributed by atoms with Gasteiger partial charge in [0.2, 0.25) is 0 Å². The number of halogens is 1. The normalized spacial score (nSPS) is 11.1. The number of aromatic nitrogens is 3. The first kappa shape index (κ1) is 20.7. The molecule has 2 aromatic heterocycles. The Kier molecular flexibility index (Phi) is 5.03. The summed E-state index contributed by atoms with van der Waals surface area (Å²) in [6.45, 7) is 0. The number of H-pyrrole nitrogens is 1. The highest BCUT2D eigenvalue weighted by atomic mass is 35.5. The van der Waals surface area contributed by atoms with Crippen molar-refractivity contribution in [3.8, 4) is 45.2 Å². The topological polar surface area (TPSA) is 100 Å². The fourth-order valence-electron chi connectivity index (χ4n) is 3.87. The smallest absolute Gasteiger partial charge is 0.278 e. The lowest BCUT2D eigenvalue weighted by Crippen LogP contribution is -2.15. The molecule has 0 saturated heterocycles. The van der Waals surface area contributed by atoms with Gasteiger partial charge in [0.1, 0.15) is 0 Å². The number of phenolic OH excluding ortho intramolecular Hbond substituents is 1. The first-order valence-corrected chi connectivity index (χ1v) is 10.4. The van der Waals surface area contributed by atoms with Gasteiger partial charge in [0.25, 0.3) is 5.56 Å². The Morgan fingerprint density at radius 1 is 0.970 bits per heavy atom. The van der Waals surface area contributed by atoms with Crippen LogP contribution in [0.3, 0.4) is 0 Å². The molecule has 0 saturated carbocycles. The number of hydrogen-bond acceptors (Lipinski definition) is 5. The summed E-state index contributed by atoms with van der Waals surface area (Å²) in [6.07, 6.45) is 3.11. The standard InChI is InChI=1S/C25H18ClN3O4/c1-33-21-5-2-4-16(23(21)30)14-6-8-15(9-7-14)17-12-18-20(13-19(17)26)28-25(32)22(24(18)31)29-11-3-10-27-29/h2-13,30H,1H3,(H2,28,31,32). The largest absolute Gasteiger partial charge is 0.505 e.